The molecule has 7 nitrogen and oxygen atoms in total. The molecule has 0 aliphatic heterocycles. The molecule has 0 unspecified atom stereocenters. The molecule has 2 aromatic carbocycles. The molecule has 0 aliphatic rings. The van der Waals surface area contributed by atoms with Gasteiger partial charge in [-0.05, 0) is 62.1 Å². The summed E-state index contributed by atoms with van der Waals surface area (Å²) < 4.78 is 21.7. The minimum absolute atomic E-state index is 0.157. The van der Waals surface area contributed by atoms with Crippen LogP contribution in [-0.2, 0) is 22.3 Å². The summed E-state index contributed by atoms with van der Waals surface area (Å²) in [6.07, 6.45) is 0.356. The summed E-state index contributed by atoms with van der Waals surface area (Å²) in [6, 6.07) is 15.8. The number of methoxy groups -OCH3 is 2. The highest BCUT2D eigenvalue weighted by molar-refractivity contribution is 5.28. The molecule has 0 aromatic heterocycles. The van der Waals surface area contributed by atoms with Crippen molar-refractivity contribution in [1.29, 1.82) is 0 Å². The van der Waals surface area contributed by atoms with Gasteiger partial charge in [-0.25, -0.2) is 0 Å². The van der Waals surface area contributed by atoms with Gasteiger partial charge in [0.05, 0.1) is 13.2 Å². The Balaban J connectivity index is 1.74. The molecule has 2 aromatic rings. The second-order valence-electron chi connectivity index (χ2n) is 8.75. The first kappa shape index (κ1) is 28.1. The molecule has 0 heterocycles. The molecule has 7 heteroatoms. The van der Waals surface area contributed by atoms with Gasteiger partial charge in [-0.3, -0.25) is 4.90 Å². The van der Waals surface area contributed by atoms with E-state index in [2.05, 4.69) is 0 Å². The second kappa shape index (κ2) is 15.7. The predicted molar refractivity (Wildman–Crippen MR) is 134 cm³/mol. The average Bonchev–Trinajstić information content (AvgIpc) is 2.84. The quantitative estimate of drug-likeness (QED) is 0.364. The largest absolute Gasteiger partial charge is 0.491 e. The maximum atomic E-state index is 10.5. The van der Waals surface area contributed by atoms with Crippen molar-refractivity contribution in [2.45, 2.75) is 44.9 Å². The number of hydrogen-bond donors (Lipinski definition) is 2. The van der Waals surface area contributed by atoms with Gasteiger partial charge in [0.1, 0.15) is 36.9 Å². The van der Waals surface area contributed by atoms with E-state index in [0.29, 0.717) is 26.3 Å². The van der Waals surface area contributed by atoms with Gasteiger partial charge in [-0.15, -0.1) is 0 Å². The highest BCUT2D eigenvalue weighted by Crippen LogP contribution is 2.15. The lowest BCUT2D eigenvalue weighted by Crippen LogP contribution is -2.45. The van der Waals surface area contributed by atoms with Crippen LogP contribution in [0.1, 0.15) is 25.0 Å². The van der Waals surface area contributed by atoms with Crippen LogP contribution in [0.15, 0.2) is 48.5 Å². The monoisotopic (exact) mass is 475 g/mol. The van der Waals surface area contributed by atoms with Crippen LogP contribution < -0.4 is 9.47 Å². The molecule has 2 N–H and O–H groups in total. The molecule has 0 aliphatic carbocycles. The van der Waals surface area contributed by atoms with E-state index in [1.165, 1.54) is 11.1 Å². The maximum Gasteiger partial charge on any atom is 0.119 e. The standard InChI is InChI=1S/C27H41NO6/c1-21(2)28(17-24(29)19-33-26-9-5-22(6-10-26)13-15-31-3)18-25(30)20-34-27-11-7-23(8-12-27)14-16-32-4/h5-12,21,24-25,29-30H,13-20H2,1-4H3/t24-,25-/m1/s1. The summed E-state index contributed by atoms with van der Waals surface area (Å²) in [6.45, 7) is 6.61. The van der Waals surface area contributed by atoms with Crippen molar-refractivity contribution in [3.8, 4) is 11.5 Å². The van der Waals surface area contributed by atoms with Crippen LogP contribution >= 0.6 is 0 Å². The number of hydrogen-bond acceptors (Lipinski definition) is 7. The molecule has 0 radical (unpaired) electrons. The van der Waals surface area contributed by atoms with E-state index in [1.54, 1.807) is 14.2 Å². The van der Waals surface area contributed by atoms with E-state index in [9.17, 15) is 10.2 Å². The molecule has 0 fully saturated rings. The Kier molecular flexibility index (Phi) is 13.0. The first-order chi connectivity index (χ1) is 16.4. The Morgan fingerprint density at radius 1 is 0.676 bits per heavy atom. The fourth-order valence-corrected chi connectivity index (χ4v) is 3.47. The number of aliphatic hydroxyl groups is 2. The Hall–Kier alpha value is -2.16. The molecule has 0 bridgehead atoms. The van der Waals surface area contributed by atoms with Gasteiger partial charge in [0.25, 0.3) is 0 Å². The van der Waals surface area contributed by atoms with Crippen molar-refractivity contribution in [1.82, 2.24) is 4.90 Å². The summed E-state index contributed by atoms with van der Waals surface area (Å²) in [5, 5.41) is 21.0. The van der Waals surface area contributed by atoms with Crippen molar-refractivity contribution in [3.05, 3.63) is 59.7 Å². The van der Waals surface area contributed by atoms with Crippen LogP contribution in [0.4, 0.5) is 0 Å². The zero-order valence-electron chi connectivity index (χ0n) is 21.0. The zero-order valence-corrected chi connectivity index (χ0v) is 21.0. The third kappa shape index (κ3) is 10.8. The molecule has 0 saturated heterocycles. The first-order valence-corrected chi connectivity index (χ1v) is 11.9. The fraction of sp³-hybridized carbons (Fsp3) is 0.556. The minimum Gasteiger partial charge on any atom is -0.491 e. The first-order valence-electron chi connectivity index (χ1n) is 11.9. The maximum absolute atomic E-state index is 10.5. The Morgan fingerprint density at radius 2 is 1.06 bits per heavy atom. The topological polar surface area (TPSA) is 80.6 Å². The van der Waals surface area contributed by atoms with Gasteiger partial charge in [0.2, 0.25) is 0 Å². The highest BCUT2D eigenvalue weighted by atomic mass is 16.5. The van der Waals surface area contributed by atoms with E-state index >= 15 is 0 Å². The number of ether oxygens (including phenoxy) is 4. The summed E-state index contributed by atoms with van der Waals surface area (Å²) in [5.74, 6) is 1.44. The molecule has 0 saturated carbocycles. The van der Waals surface area contributed by atoms with Gasteiger partial charge in [0.15, 0.2) is 0 Å². The van der Waals surface area contributed by atoms with Gasteiger partial charge in [-0.2, -0.15) is 0 Å². The smallest absolute Gasteiger partial charge is 0.119 e. The van der Waals surface area contributed by atoms with E-state index in [1.807, 2.05) is 67.3 Å². The summed E-state index contributed by atoms with van der Waals surface area (Å²) >= 11 is 0. The van der Waals surface area contributed by atoms with Gasteiger partial charge < -0.3 is 29.2 Å². The molecule has 0 spiro atoms. The van der Waals surface area contributed by atoms with Crippen molar-refractivity contribution >= 4 is 0 Å². The molecule has 2 rings (SSSR count). The number of nitrogens with zero attached hydrogens (tertiary/aromatic N) is 1. The molecular formula is C27H41NO6. The minimum atomic E-state index is -0.677. The lowest BCUT2D eigenvalue weighted by Gasteiger charge is -2.30. The summed E-state index contributed by atoms with van der Waals surface area (Å²) in [5.41, 5.74) is 2.36. The zero-order chi connectivity index (χ0) is 24.8. The number of aliphatic hydroxyl groups excluding tert-OH is 2. The van der Waals surface area contributed by atoms with Crippen molar-refractivity contribution < 1.29 is 29.2 Å². The van der Waals surface area contributed by atoms with Gasteiger partial charge in [0, 0.05) is 33.4 Å². The Bertz CT molecular complexity index is 717. The lowest BCUT2D eigenvalue weighted by molar-refractivity contribution is 0.0196. The summed E-state index contributed by atoms with van der Waals surface area (Å²) in [4.78, 5) is 2.03. The van der Waals surface area contributed by atoms with E-state index in [-0.39, 0.29) is 19.3 Å². The molecular weight excluding hydrogens is 434 g/mol. The lowest BCUT2D eigenvalue weighted by atomic mass is 10.1. The third-order valence-corrected chi connectivity index (χ3v) is 5.54. The van der Waals surface area contributed by atoms with Crippen LogP contribution in [0.5, 0.6) is 11.5 Å². The van der Waals surface area contributed by atoms with E-state index in [0.717, 1.165) is 24.3 Å². The molecule has 190 valence electrons. The van der Waals surface area contributed by atoms with E-state index < -0.39 is 12.2 Å². The van der Waals surface area contributed by atoms with Crippen LogP contribution in [0.25, 0.3) is 0 Å². The van der Waals surface area contributed by atoms with Crippen LogP contribution in [-0.4, -0.2) is 87.1 Å². The number of benzene rings is 2. The highest BCUT2D eigenvalue weighted by Gasteiger charge is 2.19. The van der Waals surface area contributed by atoms with Crippen LogP contribution in [0, 0.1) is 0 Å². The van der Waals surface area contributed by atoms with Gasteiger partial charge >= 0.3 is 0 Å². The Labute approximate surface area is 204 Å². The fourth-order valence-electron chi connectivity index (χ4n) is 3.47. The van der Waals surface area contributed by atoms with Gasteiger partial charge in [-0.1, -0.05) is 24.3 Å². The second-order valence-corrected chi connectivity index (χ2v) is 8.75. The molecule has 0 amide bonds. The predicted octanol–water partition coefficient (Wildman–Crippen LogP) is 2.95. The van der Waals surface area contributed by atoms with E-state index in [4.69, 9.17) is 18.9 Å². The van der Waals surface area contributed by atoms with Crippen LogP contribution in [0.2, 0.25) is 0 Å². The van der Waals surface area contributed by atoms with Crippen molar-refractivity contribution in [2.24, 2.45) is 0 Å². The SMILES string of the molecule is COCCc1ccc(OC[C@H](O)CN(C[C@@H](O)COc2ccc(CCOC)cc2)C(C)C)cc1. The number of rotatable bonds is 17. The third-order valence-electron chi connectivity index (χ3n) is 5.54. The Morgan fingerprint density at radius 3 is 1.38 bits per heavy atom. The summed E-state index contributed by atoms with van der Waals surface area (Å²) in [7, 11) is 3.38. The van der Waals surface area contributed by atoms with Crippen molar-refractivity contribution in [3.63, 3.8) is 0 Å². The normalized spacial score (nSPS) is 13.3. The van der Waals surface area contributed by atoms with Crippen LogP contribution in [0.3, 0.4) is 0 Å². The average molecular weight is 476 g/mol. The van der Waals surface area contributed by atoms with Crippen molar-refractivity contribution in [2.75, 3.05) is 53.7 Å². The molecule has 34 heavy (non-hydrogen) atoms. The molecule has 2 atom stereocenters.